The Morgan fingerprint density at radius 1 is 1.07 bits per heavy atom. The van der Waals surface area contributed by atoms with Gasteiger partial charge in [-0.25, -0.2) is 0 Å². The zero-order valence-corrected chi connectivity index (χ0v) is 23.8. The summed E-state index contributed by atoms with van der Waals surface area (Å²) in [7, 11) is 0. The number of ether oxygens (including phenoxy) is 2. The van der Waals surface area contributed by atoms with E-state index in [0.717, 1.165) is 54.0 Å². The second kappa shape index (κ2) is 13.4. The van der Waals surface area contributed by atoms with Gasteiger partial charge in [-0.05, 0) is 80.7 Å². The van der Waals surface area contributed by atoms with Crippen LogP contribution in [0, 0.1) is 5.92 Å². The summed E-state index contributed by atoms with van der Waals surface area (Å²) in [5, 5.41) is 6.29. The number of fused-ring (bicyclic) bond motifs is 1. The number of nitrogens with two attached hydrogens (primary N) is 1. The standard InChI is InChI=1S/C32H40N6O3/c1-23-12-16-37(17-13-23)14-5-15-38(24(2)35-26-9-11-30-31(20-26)41-19-18-40-30)22-25-8-10-29(34-21-25)32(39)36-28-7-4-3-6-27(28)33/h3-4,6-11,20-21,23,35H,2,5,12-19,22,33H2,1H3,(H,36,39). The van der Waals surface area contributed by atoms with Crippen molar-refractivity contribution >= 4 is 23.0 Å². The SMILES string of the molecule is C=C(Nc1ccc2c(c1)OCCO2)N(CCCN1CCC(C)CC1)Cc1ccc(C(=O)Nc2ccccc2N)nc1. The maximum Gasteiger partial charge on any atom is 0.274 e. The molecule has 9 nitrogen and oxygen atoms in total. The summed E-state index contributed by atoms with van der Waals surface area (Å²) in [6.07, 6.45) is 5.30. The molecule has 216 valence electrons. The van der Waals surface area contributed by atoms with Crippen molar-refractivity contribution in [1.82, 2.24) is 14.8 Å². The van der Waals surface area contributed by atoms with Gasteiger partial charge in [0.25, 0.3) is 5.91 Å². The van der Waals surface area contributed by atoms with Gasteiger partial charge in [-0.3, -0.25) is 9.78 Å². The van der Waals surface area contributed by atoms with E-state index in [0.29, 0.717) is 36.8 Å². The Morgan fingerprint density at radius 2 is 1.85 bits per heavy atom. The normalized spacial score (nSPS) is 15.2. The average Bonchev–Trinajstić information content (AvgIpc) is 2.99. The quantitative estimate of drug-likeness (QED) is 0.277. The first kappa shape index (κ1) is 28.3. The first-order valence-corrected chi connectivity index (χ1v) is 14.4. The Morgan fingerprint density at radius 3 is 2.61 bits per heavy atom. The lowest BCUT2D eigenvalue weighted by atomic mass is 9.99. The van der Waals surface area contributed by atoms with Gasteiger partial charge < -0.3 is 35.6 Å². The fourth-order valence-electron chi connectivity index (χ4n) is 5.12. The number of piperidine rings is 1. The van der Waals surface area contributed by atoms with Gasteiger partial charge in [0.1, 0.15) is 18.9 Å². The van der Waals surface area contributed by atoms with Crippen LogP contribution in [0.2, 0.25) is 0 Å². The molecule has 1 fully saturated rings. The Labute approximate surface area is 242 Å². The van der Waals surface area contributed by atoms with E-state index in [4.69, 9.17) is 15.2 Å². The van der Waals surface area contributed by atoms with Crippen molar-refractivity contribution < 1.29 is 14.3 Å². The van der Waals surface area contributed by atoms with Gasteiger partial charge >= 0.3 is 0 Å². The molecule has 1 aromatic heterocycles. The number of hydrogen-bond acceptors (Lipinski definition) is 8. The lowest BCUT2D eigenvalue weighted by Crippen LogP contribution is -2.35. The monoisotopic (exact) mass is 556 g/mol. The summed E-state index contributed by atoms with van der Waals surface area (Å²) in [5.74, 6) is 2.79. The highest BCUT2D eigenvalue weighted by molar-refractivity contribution is 6.04. The molecule has 0 atom stereocenters. The Hall–Kier alpha value is -4.24. The van der Waals surface area contributed by atoms with Gasteiger partial charge in [0.2, 0.25) is 0 Å². The van der Waals surface area contributed by atoms with Crippen LogP contribution >= 0.6 is 0 Å². The lowest BCUT2D eigenvalue weighted by molar-refractivity contribution is 0.102. The first-order chi connectivity index (χ1) is 19.9. The molecule has 0 unspecified atom stereocenters. The smallest absolute Gasteiger partial charge is 0.274 e. The number of amides is 1. The molecule has 0 radical (unpaired) electrons. The molecule has 0 aliphatic carbocycles. The fraction of sp³-hybridized carbons (Fsp3) is 0.375. The number of carbonyl (C=O) groups excluding carboxylic acids is 1. The van der Waals surface area contributed by atoms with Crippen LogP contribution in [0.25, 0.3) is 0 Å². The fourth-order valence-corrected chi connectivity index (χ4v) is 5.12. The molecular formula is C32H40N6O3. The summed E-state index contributed by atoms with van der Waals surface area (Å²) >= 11 is 0. The molecule has 2 aliphatic heterocycles. The van der Waals surface area contributed by atoms with Gasteiger partial charge in [0.15, 0.2) is 11.5 Å². The Kier molecular flexibility index (Phi) is 9.26. The van der Waals surface area contributed by atoms with Crippen molar-refractivity contribution in [3.63, 3.8) is 0 Å². The summed E-state index contributed by atoms with van der Waals surface area (Å²) in [6.45, 7) is 12.6. The number of nitrogens with zero attached hydrogens (tertiary/aromatic N) is 3. The van der Waals surface area contributed by atoms with E-state index in [9.17, 15) is 4.79 Å². The van der Waals surface area contributed by atoms with Crippen molar-refractivity contribution in [2.45, 2.75) is 32.7 Å². The van der Waals surface area contributed by atoms with Crippen LogP contribution in [-0.4, -0.2) is 60.1 Å². The van der Waals surface area contributed by atoms with Crippen molar-refractivity contribution in [3.05, 3.63) is 84.5 Å². The lowest BCUT2D eigenvalue weighted by Gasteiger charge is -2.32. The molecule has 2 aliphatic rings. The van der Waals surface area contributed by atoms with Crippen molar-refractivity contribution in [1.29, 1.82) is 0 Å². The molecule has 3 heterocycles. The van der Waals surface area contributed by atoms with Crippen LogP contribution in [-0.2, 0) is 6.54 Å². The van der Waals surface area contributed by atoms with Gasteiger partial charge in [-0.15, -0.1) is 0 Å². The number of rotatable bonds is 11. The molecule has 0 spiro atoms. The number of pyridine rings is 1. The first-order valence-electron chi connectivity index (χ1n) is 14.4. The number of para-hydroxylation sites is 2. The van der Waals surface area contributed by atoms with Crippen LogP contribution in [0.1, 0.15) is 42.2 Å². The summed E-state index contributed by atoms with van der Waals surface area (Å²) < 4.78 is 11.4. The molecule has 4 N–H and O–H groups in total. The van der Waals surface area contributed by atoms with E-state index in [1.165, 1.54) is 25.9 Å². The molecule has 1 saturated heterocycles. The second-order valence-corrected chi connectivity index (χ2v) is 10.8. The minimum atomic E-state index is -0.299. The number of hydrogen-bond donors (Lipinski definition) is 3. The highest BCUT2D eigenvalue weighted by Crippen LogP contribution is 2.33. The third kappa shape index (κ3) is 7.70. The summed E-state index contributed by atoms with van der Waals surface area (Å²) in [4.78, 5) is 22.0. The molecule has 1 amide bonds. The minimum Gasteiger partial charge on any atom is -0.486 e. The number of nitrogen functional groups attached to an aromatic ring is 1. The van der Waals surface area contributed by atoms with Crippen molar-refractivity contribution in [2.75, 3.05) is 55.8 Å². The topological polar surface area (TPSA) is 105 Å². The van der Waals surface area contributed by atoms with Crippen LogP contribution in [0.15, 0.2) is 73.2 Å². The van der Waals surface area contributed by atoms with Gasteiger partial charge in [0, 0.05) is 31.0 Å². The third-order valence-corrected chi connectivity index (χ3v) is 7.63. The maximum atomic E-state index is 12.7. The Balaban J connectivity index is 1.23. The van der Waals surface area contributed by atoms with E-state index in [1.807, 2.05) is 36.4 Å². The highest BCUT2D eigenvalue weighted by Gasteiger charge is 2.18. The molecule has 41 heavy (non-hydrogen) atoms. The van der Waals surface area contributed by atoms with Gasteiger partial charge in [-0.1, -0.05) is 31.7 Å². The highest BCUT2D eigenvalue weighted by atomic mass is 16.6. The maximum absolute atomic E-state index is 12.7. The molecular weight excluding hydrogens is 516 g/mol. The second-order valence-electron chi connectivity index (χ2n) is 10.8. The number of aromatic nitrogens is 1. The van der Waals surface area contributed by atoms with Crippen molar-refractivity contribution in [2.24, 2.45) is 5.92 Å². The number of likely N-dealkylation sites (tertiary alicyclic amines) is 1. The Bertz CT molecular complexity index is 1340. The number of benzene rings is 2. The van der Waals surface area contributed by atoms with Crippen LogP contribution in [0.5, 0.6) is 11.5 Å². The molecule has 9 heteroatoms. The zero-order chi connectivity index (χ0) is 28.6. The summed E-state index contributed by atoms with van der Waals surface area (Å²) in [5.41, 5.74) is 9.25. The van der Waals surface area contributed by atoms with E-state index in [1.54, 1.807) is 24.4 Å². The van der Waals surface area contributed by atoms with E-state index in [2.05, 4.69) is 38.9 Å². The average molecular weight is 557 g/mol. The van der Waals surface area contributed by atoms with Crippen LogP contribution < -0.4 is 25.8 Å². The van der Waals surface area contributed by atoms with E-state index >= 15 is 0 Å². The van der Waals surface area contributed by atoms with Gasteiger partial charge in [0.05, 0.1) is 17.2 Å². The van der Waals surface area contributed by atoms with Crippen LogP contribution in [0.4, 0.5) is 17.1 Å². The van der Waals surface area contributed by atoms with E-state index in [-0.39, 0.29) is 5.91 Å². The molecule has 0 saturated carbocycles. The minimum absolute atomic E-state index is 0.299. The zero-order valence-electron chi connectivity index (χ0n) is 23.8. The third-order valence-electron chi connectivity index (χ3n) is 7.63. The number of anilines is 3. The number of nitrogens with one attached hydrogen (secondary N) is 2. The van der Waals surface area contributed by atoms with E-state index < -0.39 is 0 Å². The molecule has 2 aromatic carbocycles. The largest absolute Gasteiger partial charge is 0.486 e. The van der Waals surface area contributed by atoms with Crippen LogP contribution in [0.3, 0.4) is 0 Å². The van der Waals surface area contributed by atoms with Crippen molar-refractivity contribution in [3.8, 4) is 11.5 Å². The van der Waals surface area contributed by atoms with Gasteiger partial charge in [-0.2, -0.15) is 0 Å². The summed E-state index contributed by atoms with van der Waals surface area (Å²) in [6, 6.07) is 16.7. The molecule has 5 rings (SSSR count). The number of carbonyl (C=O) groups is 1. The molecule has 0 bridgehead atoms. The predicted molar refractivity (Wildman–Crippen MR) is 163 cm³/mol. The predicted octanol–water partition coefficient (Wildman–Crippen LogP) is 5.19. The molecule has 3 aromatic rings.